The summed E-state index contributed by atoms with van der Waals surface area (Å²) in [6.07, 6.45) is 0.320. The number of nitro benzene ring substituents is 1. The van der Waals surface area contributed by atoms with Crippen LogP contribution >= 0.6 is 0 Å². The quantitative estimate of drug-likeness (QED) is 0.461. The summed E-state index contributed by atoms with van der Waals surface area (Å²) in [7, 11) is 0. The third-order valence-electron chi connectivity index (χ3n) is 3.24. The summed E-state index contributed by atoms with van der Waals surface area (Å²) in [5, 5.41) is 21.3. The Morgan fingerprint density at radius 1 is 1.48 bits per heavy atom. The number of tetrazole rings is 1. The Bertz CT molecular complexity index is 747. The Morgan fingerprint density at radius 3 is 2.87 bits per heavy atom. The molecule has 0 N–H and O–H groups in total. The van der Waals surface area contributed by atoms with E-state index in [0.717, 1.165) is 11.0 Å². The zero-order valence-corrected chi connectivity index (χ0v) is 11.9. The van der Waals surface area contributed by atoms with Gasteiger partial charge in [0.25, 0.3) is 5.69 Å². The van der Waals surface area contributed by atoms with Gasteiger partial charge >= 0.3 is 6.09 Å². The summed E-state index contributed by atoms with van der Waals surface area (Å²) in [5.41, 5.74) is 0.254. The predicted octanol–water partition coefficient (Wildman–Crippen LogP) is 1.10. The maximum Gasteiger partial charge on any atom is 0.437 e. The highest BCUT2D eigenvalue weighted by atomic mass is 16.7. The Balaban J connectivity index is 1.77. The molecule has 0 saturated heterocycles. The van der Waals surface area contributed by atoms with Gasteiger partial charge in [0.2, 0.25) is 6.79 Å². The number of ether oxygens (including phenoxy) is 3. The first-order chi connectivity index (χ1) is 11.1. The number of rotatable bonds is 4. The lowest BCUT2D eigenvalue weighted by Crippen LogP contribution is -2.18. The SMILES string of the molecule is CC(COC(=O)n1cnnn1)c1cc2c(cc1[N+](=O)[O-])OCO2. The highest BCUT2D eigenvalue weighted by molar-refractivity contribution is 5.68. The first kappa shape index (κ1) is 14.7. The van der Waals surface area contributed by atoms with E-state index in [0.29, 0.717) is 17.1 Å². The highest BCUT2D eigenvalue weighted by Gasteiger charge is 2.27. The zero-order chi connectivity index (χ0) is 16.4. The van der Waals surface area contributed by atoms with Crippen molar-refractivity contribution >= 4 is 11.8 Å². The van der Waals surface area contributed by atoms with Gasteiger partial charge in [0.05, 0.1) is 11.0 Å². The van der Waals surface area contributed by atoms with Crippen molar-refractivity contribution in [1.82, 2.24) is 20.2 Å². The van der Waals surface area contributed by atoms with Crippen LogP contribution in [0.1, 0.15) is 18.4 Å². The fourth-order valence-corrected chi connectivity index (χ4v) is 2.10. The number of fused-ring (bicyclic) bond motifs is 1. The summed E-state index contributed by atoms with van der Waals surface area (Å²) in [6, 6.07) is 2.83. The minimum Gasteiger partial charge on any atom is -0.454 e. The smallest absolute Gasteiger partial charge is 0.437 e. The summed E-state index contributed by atoms with van der Waals surface area (Å²) in [5.74, 6) is 0.299. The summed E-state index contributed by atoms with van der Waals surface area (Å²) in [4.78, 5) is 22.4. The average molecular weight is 321 g/mol. The van der Waals surface area contributed by atoms with E-state index in [1.807, 2.05) is 0 Å². The van der Waals surface area contributed by atoms with Gasteiger partial charge < -0.3 is 14.2 Å². The van der Waals surface area contributed by atoms with Crippen molar-refractivity contribution in [2.45, 2.75) is 12.8 Å². The number of aromatic nitrogens is 4. The Hall–Kier alpha value is -3.24. The zero-order valence-electron chi connectivity index (χ0n) is 11.9. The average Bonchev–Trinajstić information content (AvgIpc) is 3.21. The summed E-state index contributed by atoms with van der Waals surface area (Å²) < 4.78 is 16.2. The Kier molecular flexibility index (Phi) is 3.75. The molecule has 0 radical (unpaired) electrons. The number of carbonyl (C=O) groups is 1. The van der Waals surface area contributed by atoms with Gasteiger partial charge in [-0.15, -0.1) is 9.78 Å². The molecule has 1 aliphatic rings. The fourth-order valence-electron chi connectivity index (χ4n) is 2.10. The topological polar surface area (TPSA) is 132 Å². The fraction of sp³-hybridized carbons (Fsp3) is 0.333. The van der Waals surface area contributed by atoms with Gasteiger partial charge in [0.15, 0.2) is 17.8 Å². The monoisotopic (exact) mass is 321 g/mol. The maximum absolute atomic E-state index is 11.7. The van der Waals surface area contributed by atoms with Crippen molar-refractivity contribution in [2.75, 3.05) is 13.4 Å². The molecule has 0 saturated carbocycles. The Morgan fingerprint density at radius 2 is 2.22 bits per heavy atom. The number of hydrogen-bond acceptors (Lipinski definition) is 9. The van der Waals surface area contributed by atoms with E-state index >= 15 is 0 Å². The van der Waals surface area contributed by atoms with E-state index in [4.69, 9.17) is 14.2 Å². The third-order valence-corrected chi connectivity index (χ3v) is 3.24. The molecule has 0 bridgehead atoms. The molecule has 0 aliphatic carbocycles. The van der Waals surface area contributed by atoms with Crippen molar-refractivity contribution in [3.05, 3.63) is 34.1 Å². The van der Waals surface area contributed by atoms with Crippen LogP contribution in [0.25, 0.3) is 0 Å². The van der Waals surface area contributed by atoms with Crippen molar-refractivity contribution in [3.63, 3.8) is 0 Å². The van der Waals surface area contributed by atoms with Crippen LogP contribution in [-0.4, -0.2) is 44.6 Å². The number of hydrogen-bond donors (Lipinski definition) is 0. The van der Waals surface area contributed by atoms with Crippen molar-refractivity contribution in [2.24, 2.45) is 0 Å². The normalized spacial score (nSPS) is 13.6. The number of nitrogens with zero attached hydrogens (tertiary/aromatic N) is 5. The van der Waals surface area contributed by atoms with Crippen LogP contribution in [-0.2, 0) is 4.74 Å². The first-order valence-electron chi connectivity index (χ1n) is 6.54. The van der Waals surface area contributed by atoms with E-state index in [-0.39, 0.29) is 19.1 Å². The van der Waals surface area contributed by atoms with Gasteiger partial charge in [0.1, 0.15) is 6.61 Å². The molecule has 1 unspecified atom stereocenters. The molecule has 1 aromatic heterocycles. The van der Waals surface area contributed by atoms with E-state index < -0.39 is 16.9 Å². The van der Waals surface area contributed by atoms with Crippen LogP contribution in [0.15, 0.2) is 18.5 Å². The molecular formula is C12H11N5O6. The summed E-state index contributed by atoms with van der Waals surface area (Å²) in [6.45, 7) is 1.62. The van der Waals surface area contributed by atoms with E-state index in [9.17, 15) is 14.9 Å². The Labute approximate surface area is 128 Å². The molecule has 3 rings (SSSR count). The van der Waals surface area contributed by atoms with E-state index in [2.05, 4.69) is 15.5 Å². The second-order valence-corrected chi connectivity index (χ2v) is 4.75. The lowest BCUT2D eigenvalue weighted by Gasteiger charge is -2.13. The molecular weight excluding hydrogens is 310 g/mol. The van der Waals surface area contributed by atoms with Gasteiger partial charge in [-0.2, -0.15) is 0 Å². The number of nitro groups is 1. The van der Waals surface area contributed by atoms with Crippen molar-refractivity contribution in [3.8, 4) is 11.5 Å². The van der Waals surface area contributed by atoms with Crippen LogP contribution in [0.3, 0.4) is 0 Å². The molecule has 2 aromatic rings. The van der Waals surface area contributed by atoms with Crippen LogP contribution in [0, 0.1) is 10.1 Å². The lowest BCUT2D eigenvalue weighted by molar-refractivity contribution is -0.385. The molecule has 1 atom stereocenters. The van der Waals surface area contributed by atoms with Crippen LogP contribution in [0.5, 0.6) is 11.5 Å². The van der Waals surface area contributed by atoms with Crippen molar-refractivity contribution < 1.29 is 23.9 Å². The summed E-state index contributed by atoms with van der Waals surface area (Å²) >= 11 is 0. The third kappa shape index (κ3) is 2.88. The standard InChI is InChI=1S/C12H11N5O6/c1-7(4-21-12(18)16-5-13-14-15-16)8-2-10-11(23-6-22-10)3-9(8)17(19)20/h2-3,5,7H,4,6H2,1H3. The van der Waals surface area contributed by atoms with E-state index in [1.165, 1.54) is 12.1 Å². The largest absolute Gasteiger partial charge is 0.454 e. The molecule has 11 nitrogen and oxygen atoms in total. The molecule has 1 aromatic carbocycles. The second kappa shape index (κ2) is 5.87. The molecule has 23 heavy (non-hydrogen) atoms. The van der Waals surface area contributed by atoms with Gasteiger partial charge in [-0.05, 0) is 16.5 Å². The lowest BCUT2D eigenvalue weighted by atomic mass is 9.99. The minimum absolute atomic E-state index is 0.0125. The van der Waals surface area contributed by atoms with Crippen molar-refractivity contribution in [1.29, 1.82) is 0 Å². The van der Waals surface area contributed by atoms with Gasteiger partial charge in [-0.25, -0.2) is 4.79 Å². The van der Waals surface area contributed by atoms with Gasteiger partial charge in [-0.3, -0.25) is 10.1 Å². The van der Waals surface area contributed by atoms with Gasteiger partial charge in [0, 0.05) is 11.5 Å². The molecule has 0 spiro atoms. The molecule has 0 fully saturated rings. The predicted molar refractivity (Wildman–Crippen MR) is 72.2 cm³/mol. The molecule has 0 amide bonds. The molecule has 120 valence electrons. The van der Waals surface area contributed by atoms with Crippen LogP contribution in [0.2, 0.25) is 0 Å². The number of benzene rings is 1. The minimum atomic E-state index is -0.773. The first-order valence-corrected chi connectivity index (χ1v) is 6.54. The van der Waals surface area contributed by atoms with Crippen LogP contribution < -0.4 is 9.47 Å². The maximum atomic E-state index is 11.7. The van der Waals surface area contributed by atoms with Gasteiger partial charge in [-0.1, -0.05) is 6.92 Å². The highest BCUT2D eigenvalue weighted by Crippen LogP contribution is 2.40. The molecule has 11 heteroatoms. The molecule has 1 aliphatic heterocycles. The molecule has 2 heterocycles. The van der Waals surface area contributed by atoms with E-state index in [1.54, 1.807) is 6.92 Å². The number of carbonyl (C=O) groups excluding carboxylic acids is 1. The van der Waals surface area contributed by atoms with Crippen LogP contribution in [0.4, 0.5) is 10.5 Å². The second-order valence-electron chi connectivity index (χ2n) is 4.75.